The van der Waals surface area contributed by atoms with Crippen LogP contribution in [0.3, 0.4) is 0 Å². The van der Waals surface area contributed by atoms with Crippen LogP contribution >= 0.6 is 11.6 Å². The van der Waals surface area contributed by atoms with Crippen LogP contribution in [0.1, 0.15) is 32.6 Å². The van der Waals surface area contributed by atoms with Crippen LogP contribution in [-0.2, 0) is 4.74 Å². The van der Waals surface area contributed by atoms with Crippen molar-refractivity contribution in [1.29, 1.82) is 0 Å². The quantitative estimate of drug-likeness (QED) is 0.495. The fraction of sp³-hybridized carbons (Fsp3) is 1.00. The third-order valence-corrected chi connectivity index (χ3v) is 3.45. The highest BCUT2D eigenvalue weighted by Crippen LogP contribution is 2.16. The summed E-state index contributed by atoms with van der Waals surface area (Å²) in [5, 5.41) is 0. The van der Waals surface area contributed by atoms with Gasteiger partial charge in [0, 0.05) is 25.6 Å². The molecule has 3 heteroatoms. The summed E-state index contributed by atoms with van der Waals surface area (Å²) in [6.45, 7) is 7.47. The van der Waals surface area contributed by atoms with E-state index in [9.17, 15) is 0 Å². The summed E-state index contributed by atoms with van der Waals surface area (Å²) in [4.78, 5) is 2.49. The van der Waals surface area contributed by atoms with Crippen molar-refractivity contribution in [2.75, 3.05) is 38.7 Å². The van der Waals surface area contributed by atoms with Crippen LogP contribution in [-0.4, -0.2) is 43.6 Å². The lowest BCUT2D eigenvalue weighted by atomic mass is 10.0. The summed E-state index contributed by atoms with van der Waals surface area (Å²) >= 11 is 5.89. The van der Waals surface area contributed by atoms with Gasteiger partial charge in [-0.2, -0.15) is 0 Å². The summed E-state index contributed by atoms with van der Waals surface area (Å²) < 4.78 is 5.57. The second kappa shape index (κ2) is 8.37. The molecule has 0 bridgehead atoms. The smallest absolute Gasteiger partial charge is 0.0593 e. The molecule has 90 valence electrons. The van der Waals surface area contributed by atoms with E-state index in [1.54, 1.807) is 0 Å². The number of ether oxygens (including phenoxy) is 1. The summed E-state index contributed by atoms with van der Waals surface area (Å²) in [6.07, 6.45) is 5.01. The van der Waals surface area contributed by atoms with Crippen LogP contribution in [0.25, 0.3) is 0 Å². The Labute approximate surface area is 98.9 Å². The van der Waals surface area contributed by atoms with E-state index < -0.39 is 0 Å². The first-order chi connectivity index (χ1) is 7.36. The molecular formula is C12H24ClNO. The highest BCUT2D eigenvalue weighted by Gasteiger charge is 2.18. The summed E-state index contributed by atoms with van der Waals surface area (Å²) in [6, 6.07) is 0. The lowest BCUT2D eigenvalue weighted by molar-refractivity contribution is 0.0860. The zero-order valence-corrected chi connectivity index (χ0v) is 10.6. The Bertz CT molecular complexity index is 155. The zero-order chi connectivity index (χ0) is 10.9. The first-order valence-electron chi connectivity index (χ1n) is 6.23. The average Bonchev–Trinajstić information content (AvgIpc) is 2.29. The molecule has 0 aliphatic carbocycles. The molecule has 1 saturated heterocycles. The van der Waals surface area contributed by atoms with Crippen molar-refractivity contribution < 1.29 is 4.74 Å². The van der Waals surface area contributed by atoms with Gasteiger partial charge in [-0.3, -0.25) is 0 Å². The molecular weight excluding hydrogens is 210 g/mol. The minimum atomic E-state index is 0.705. The molecule has 0 radical (unpaired) electrons. The van der Waals surface area contributed by atoms with Crippen LogP contribution in [0.15, 0.2) is 0 Å². The van der Waals surface area contributed by atoms with E-state index in [2.05, 4.69) is 11.8 Å². The summed E-state index contributed by atoms with van der Waals surface area (Å²) in [7, 11) is 0. The van der Waals surface area contributed by atoms with Gasteiger partial charge in [0.1, 0.15) is 0 Å². The lowest BCUT2D eigenvalue weighted by Crippen LogP contribution is -2.38. The molecule has 1 atom stereocenters. The number of nitrogens with zero attached hydrogens (tertiary/aromatic N) is 1. The average molecular weight is 234 g/mol. The SMILES string of the molecule is CCCCOCCN1CCCC(CCl)C1. The highest BCUT2D eigenvalue weighted by atomic mass is 35.5. The van der Waals surface area contributed by atoms with E-state index in [1.807, 2.05) is 0 Å². The van der Waals surface area contributed by atoms with Crippen LogP contribution in [0.4, 0.5) is 0 Å². The largest absolute Gasteiger partial charge is 0.380 e. The topological polar surface area (TPSA) is 12.5 Å². The maximum atomic E-state index is 5.89. The number of rotatable bonds is 7. The monoisotopic (exact) mass is 233 g/mol. The predicted molar refractivity (Wildman–Crippen MR) is 65.6 cm³/mol. The van der Waals surface area contributed by atoms with Crippen molar-refractivity contribution in [3.63, 3.8) is 0 Å². The summed E-state index contributed by atoms with van der Waals surface area (Å²) in [5.41, 5.74) is 0. The molecule has 0 aromatic carbocycles. The van der Waals surface area contributed by atoms with Gasteiger partial charge in [0.2, 0.25) is 0 Å². The van der Waals surface area contributed by atoms with Gasteiger partial charge < -0.3 is 9.64 Å². The normalized spacial score (nSPS) is 23.2. The molecule has 2 nitrogen and oxygen atoms in total. The van der Waals surface area contributed by atoms with E-state index >= 15 is 0 Å². The second-order valence-electron chi connectivity index (χ2n) is 4.43. The van der Waals surface area contributed by atoms with E-state index in [0.29, 0.717) is 5.92 Å². The van der Waals surface area contributed by atoms with Crippen molar-refractivity contribution in [1.82, 2.24) is 4.90 Å². The molecule has 0 N–H and O–H groups in total. The lowest BCUT2D eigenvalue weighted by Gasteiger charge is -2.31. The number of likely N-dealkylation sites (tertiary alicyclic amines) is 1. The first-order valence-corrected chi connectivity index (χ1v) is 6.76. The maximum Gasteiger partial charge on any atom is 0.0593 e. The third kappa shape index (κ3) is 5.74. The Morgan fingerprint density at radius 2 is 2.27 bits per heavy atom. The molecule has 0 aromatic heterocycles. The van der Waals surface area contributed by atoms with Gasteiger partial charge >= 0.3 is 0 Å². The standard InChI is InChI=1S/C12H24ClNO/c1-2-3-8-15-9-7-14-6-4-5-12(10-13)11-14/h12H,2-11H2,1H3. The van der Waals surface area contributed by atoms with Crippen LogP contribution in [0.2, 0.25) is 0 Å². The minimum absolute atomic E-state index is 0.705. The van der Waals surface area contributed by atoms with E-state index in [4.69, 9.17) is 16.3 Å². The molecule has 1 aliphatic rings. The molecule has 0 aromatic rings. The van der Waals surface area contributed by atoms with Crippen molar-refractivity contribution in [3.8, 4) is 0 Å². The number of alkyl halides is 1. The van der Waals surface area contributed by atoms with Gasteiger partial charge in [-0.05, 0) is 31.7 Å². The first kappa shape index (κ1) is 13.3. The molecule has 1 unspecified atom stereocenters. The van der Waals surface area contributed by atoms with Gasteiger partial charge in [0.25, 0.3) is 0 Å². The Hall–Kier alpha value is 0.210. The predicted octanol–water partition coefficient (Wildman–Crippen LogP) is 2.75. The second-order valence-corrected chi connectivity index (χ2v) is 4.74. The number of hydrogen-bond acceptors (Lipinski definition) is 2. The summed E-state index contributed by atoms with van der Waals surface area (Å²) in [5.74, 6) is 1.52. The van der Waals surface area contributed by atoms with Gasteiger partial charge in [-0.15, -0.1) is 11.6 Å². The van der Waals surface area contributed by atoms with E-state index in [0.717, 1.165) is 25.6 Å². The number of hydrogen-bond donors (Lipinski definition) is 0. The van der Waals surface area contributed by atoms with Crippen molar-refractivity contribution in [2.24, 2.45) is 5.92 Å². The maximum absolute atomic E-state index is 5.89. The van der Waals surface area contributed by atoms with Crippen LogP contribution in [0.5, 0.6) is 0 Å². The Morgan fingerprint density at radius 3 is 3.00 bits per heavy atom. The molecule has 1 rings (SSSR count). The van der Waals surface area contributed by atoms with Gasteiger partial charge in [-0.1, -0.05) is 13.3 Å². The fourth-order valence-electron chi connectivity index (χ4n) is 2.02. The van der Waals surface area contributed by atoms with Crippen molar-refractivity contribution >= 4 is 11.6 Å². The molecule has 15 heavy (non-hydrogen) atoms. The zero-order valence-electron chi connectivity index (χ0n) is 9.88. The van der Waals surface area contributed by atoms with Crippen LogP contribution < -0.4 is 0 Å². The number of piperidine rings is 1. The Balaban J connectivity index is 2.00. The molecule has 0 saturated carbocycles. The molecule has 0 spiro atoms. The molecule has 1 fully saturated rings. The van der Waals surface area contributed by atoms with Gasteiger partial charge in [0.05, 0.1) is 6.61 Å². The van der Waals surface area contributed by atoms with Gasteiger partial charge in [0.15, 0.2) is 0 Å². The Kier molecular flexibility index (Phi) is 7.41. The minimum Gasteiger partial charge on any atom is -0.380 e. The molecule has 0 amide bonds. The highest BCUT2D eigenvalue weighted by molar-refractivity contribution is 6.18. The van der Waals surface area contributed by atoms with E-state index in [1.165, 1.54) is 38.8 Å². The van der Waals surface area contributed by atoms with Crippen molar-refractivity contribution in [3.05, 3.63) is 0 Å². The number of halogens is 1. The number of unbranched alkanes of at least 4 members (excludes halogenated alkanes) is 1. The molecule has 1 heterocycles. The Morgan fingerprint density at radius 1 is 1.40 bits per heavy atom. The molecule has 1 aliphatic heterocycles. The van der Waals surface area contributed by atoms with E-state index in [-0.39, 0.29) is 0 Å². The third-order valence-electron chi connectivity index (χ3n) is 3.02. The van der Waals surface area contributed by atoms with Crippen LogP contribution in [0, 0.1) is 5.92 Å². The van der Waals surface area contributed by atoms with Crippen molar-refractivity contribution in [2.45, 2.75) is 32.6 Å². The fourth-order valence-corrected chi connectivity index (χ4v) is 2.27. The van der Waals surface area contributed by atoms with Gasteiger partial charge in [-0.25, -0.2) is 0 Å².